The summed E-state index contributed by atoms with van der Waals surface area (Å²) in [6.07, 6.45) is 5.29. The average Bonchev–Trinajstić information content (AvgIpc) is 2.38. The van der Waals surface area contributed by atoms with Crippen molar-refractivity contribution in [2.45, 2.75) is 19.8 Å². The van der Waals surface area contributed by atoms with Crippen molar-refractivity contribution in [3.8, 4) is 0 Å². The summed E-state index contributed by atoms with van der Waals surface area (Å²) in [6, 6.07) is 0. The number of nitrogens with zero attached hydrogens (tertiary/aromatic N) is 3. The van der Waals surface area contributed by atoms with Crippen molar-refractivity contribution in [1.29, 1.82) is 0 Å². The fourth-order valence-electron chi connectivity index (χ4n) is 1.50. The zero-order valence-electron chi connectivity index (χ0n) is 11.2. The third kappa shape index (κ3) is 4.68. The molecule has 0 aliphatic carbocycles. The number of halogens is 1. The van der Waals surface area contributed by atoms with Crippen molar-refractivity contribution in [2.75, 3.05) is 42.4 Å². The van der Waals surface area contributed by atoms with Crippen LogP contribution in [-0.2, 0) is 0 Å². The molecule has 0 aromatic carbocycles. The molecule has 4 nitrogen and oxygen atoms in total. The number of hydrogen-bond donors (Lipinski definition) is 1. The van der Waals surface area contributed by atoms with Crippen LogP contribution in [0.15, 0.2) is 6.20 Å². The Morgan fingerprint density at radius 3 is 2.94 bits per heavy atom. The van der Waals surface area contributed by atoms with E-state index >= 15 is 0 Å². The highest BCUT2D eigenvalue weighted by atomic mass is 32.2. The third-order valence-corrected chi connectivity index (χ3v) is 3.16. The van der Waals surface area contributed by atoms with Gasteiger partial charge >= 0.3 is 0 Å². The molecule has 0 saturated carbocycles. The molecule has 1 N–H and O–H groups in total. The van der Waals surface area contributed by atoms with E-state index in [1.54, 1.807) is 11.8 Å². The van der Waals surface area contributed by atoms with Gasteiger partial charge in [0.15, 0.2) is 11.6 Å². The second-order valence-electron chi connectivity index (χ2n) is 4.06. The van der Waals surface area contributed by atoms with E-state index in [0.29, 0.717) is 11.8 Å². The van der Waals surface area contributed by atoms with Gasteiger partial charge in [-0.2, -0.15) is 16.7 Å². The average molecular weight is 272 g/mol. The lowest BCUT2D eigenvalue weighted by atomic mass is 10.4. The summed E-state index contributed by atoms with van der Waals surface area (Å²) in [7, 11) is 1.86. The Labute approximate surface area is 112 Å². The molecule has 0 atom stereocenters. The summed E-state index contributed by atoms with van der Waals surface area (Å²) in [4.78, 5) is 9.98. The first-order valence-corrected chi connectivity index (χ1v) is 7.55. The van der Waals surface area contributed by atoms with Crippen LogP contribution in [0.1, 0.15) is 19.8 Å². The molecule has 0 aliphatic rings. The molecule has 0 amide bonds. The van der Waals surface area contributed by atoms with Gasteiger partial charge in [-0.3, -0.25) is 0 Å². The lowest BCUT2D eigenvalue weighted by Gasteiger charge is -2.18. The molecule has 18 heavy (non-hydrogen) atoms. The van der Waals surface area contributed by atoms with Crippen molar-refractivity contribution >= 4 is 23.5 Å². The maximum atomic E-state index is 13.7. The topological polar surface area (TPSA) is 41.1 Å². The molecule has 0 saturated heterocycles. The monoisotopic (exact) mass is 272 g/mol. The first-order valence-electron chi connectivity index (χ1n) is 6.15. The molecule has 1 heterocycles. The van der Waals surface area contributed by atoms with E-state index in [-0.39, 0.29) is 5.82 Å². The van der Waals surface area contributed by atoms with Gasteiger partial charge in [0.05, 0.1) is 6.20 Å². The van der Waals surface area contributed by atoms with E-state index in [1.165, 1.54) is 6.20 Å². The predicted octanol–water partition coefficient (Wildman–Crippen LogP) is 2.63. The number of thioether (sulfide) groups is 1. The Bertz CT molecular complexity index is 362. The smallest absolute Gasteiger partial charge is 0.224 e. The summed E-state index contributed by atoms with van der Waals surface area (Å²) in [5.41, 5.74) is 0. The van der Waals surface area contributed by atoms with E-state index in [9.17, 15) is 4.39 Å². The second kappa shape index (κ2) is 8.13. The van der Waals surface area contributed by atoms with E-state index in [2.05, 4.69) is 28.5 Å². The van der Waals surface area contributed by atoms with Gasteiger partial charge in [-0.05, 0) is 24.9 Å². The highest BCUT2D eigenvalue weighted by molar-refractivity contribution is 7.98. The van der Waals surface area contributed by atoms with Crippen molar-refractivity contribution in [3.05, 3.63) is 12.0 Å². The molecule has 0 fully saturated rings. The summed E-state index contributed by atoms with van der Waals surface area (Å²) in [5.74, 6) is 1.55. The molecule has 1 aromatic rings. The minimum atomic E-state index is -0.372. The fraction of sp³-hybridized carbons (Fsp3) is 0.667. The van der Waals surface area contributed by atoms with Crippen LogP contribution in [-0.4, -0.2) is 42.1 Å². The largest absolute Gasteiger partial charge is 0.357 e. The number of aromatic nitrogens is 2. The first-order chi connectivity index (χ1) is 8.69. The van der Waals surface area contributed by atoms with E-state index in [4.69, 9.17) is 0 Å². The van der Waals surface area contributed by atoms with Gasteiger partial charge in [0.25, 0.3) is 0 Å². The highest BCUT2D eigenvalue weighted by Crippen LogP contribution is 2.16. The quantitative estimate of drug-likeness (QED) is 0.737. The second-order valence-corrected chi connectivity index (χ2v) is 5.05. The van der Waals surface area contributed by atoms with Gasteiger partial charge in [-0.15, -0.1) is 0 Å². The highest BCUT2D eigenvalue weighted by Gasteiger charge is 2.11. The van der Waals surface area contributed by atoms with Crippen LogP contribution in [0.25, 0.3) is 0 Å². The third-order valence-electron chi connectivity index (χ3n) is 2.46. The van der Waals surface area contributed by atoms with Crippen molar-refractivity contribution in [1.82, 2.24) is 9.97 Å². The van der Waals surface area contributed by atoms with Gasteiger partial charge in [0.2, 0.25) is 5.95 Å². The fourth-order valence-corrected chi connectivity index (χ4v) is 1.92. The Balaban J connectivity index is 2.66. The molecule has 0 aliphatic heterocycles. The standard InChI is InChI=1S/C12H21FN4S/c1-4-6-14-12-15-9-10(13)11(16-12)17(2)7-5-8-18-3/h9H,4-8H2,1-3H3,(H,14,15,16). The van der Waals surface area contributed by atoms with Gasteiger partial charge in [-0.1, -0.05) is 6.92 Å². The number of anilines is 2. The minimum Gasteiger partial charge on any atom is -0.357 e. The summed E-state index contributed by atoms with van der Waals surface area (Å²) < 4.78 is 13.7. The molecule has 1 aromatic heterocycles. The van der Waals surface area contributed by atoms with Gasteiger partial charge in [0, 0.05) is 20.1 Å². The van der Waals surface area contributed by atoms with Crippen LogP contribution in [0.5, 0.6) is 0 Å². The molecule has 0 spiro atoms. The maximum Gasteiger partial charge on any atom is 0.224 e. The van der Waals surface area contributed by atoms with E-state index in [1.807, 2.05) is 11.9 Å². The lowest BCUT2D eigenvalue weighted by Crippen LogP contribution is -2.22. The molecule has 0 radical (unpaired) electrons. The Hall–Kier alpha value is -1.04. The van der Waals surface area contributed by atoms with E-state index in [0.717, 1.165) is 31.7 Å². The van der Waals surface area contributed by atoms with Crippen LogP contribution >= 0.6 is 11.8 Å². The van der Waals surface area contributed by atoms with Crippen LogP contribution < -0.4 is 10.2 Å². The van der Waals surface area contributed by atoms with Gasteiger partial charge in [0.1, 0.15) is 0 Å². The van der Waals surface area contributed by atoms with Gasteiger partial charge in [-0.25, -0.2) is 9.37 Å². The number of hydrogen-bond acceptors (Lipinski definition) is 5. The molecular weight excluding hydrogens is 251 g/mol. The first kappa shape index (κ1) is 15.0. The number of rotatable bonds is 8. The van der Waals surface area contributed by atoms with Crippen LogP contribution in [0.3, 0.4) is 0 Å². The molecule has 102 valence electrons. The molecule has 0 bridgehead atoms. The van der Waals surface area contributed by atoms with Crippen molar-refractivity contribution in [3.63, 3.8) is 0 Å². The molecule has 6 heteroatoms. The maximum absolute atomic E-state index is 13.7. The summed E-state index contributed by atoms with van der Waals surface area (Å²) in [5, 5.41) is 3.06. The van der Waals surface area contributed by atoms with Crippen LogP contribution in [0.2, 0.25) is 0 Å². The zero-order valence-corrected chi connectivity index (χ0v) is 12.1. The predicted molar refractivity (Wildman–Crippen MR) is 77.0 cm³/mol. The minimum absolute atomic E-state index is 0.365. The Morgan fingerprint density at radius 2 is 2.28 bits per heavy atom. The Kier molecular flexibility index (Phi) is 6.78. The summed E-state index contributed by atoms with van der Waals surface area (Å²) in [6.45, 7) is 3.65. The van der Waals surface area contributed by atoms with Crippen molar-refractivity contribution in [2.24, 2.45) is 0 Å². The lowest BCUT2D eigenvalue weighted by molar-refractivity contribution is 0.607. The molecular formula is C12H21FN4S. The summed E-state index contributed by atoms with van der Waals surface area (Å²) >= 11 is 1.79. The van der Waals surface area contributed by atoms with Crippen LogP contribution in [0.4, 0.5) is 16.2 Å². The normalized spacial score (nSPS) is 10.4. The molecule has 1 rings (SSSR count). The SMILES string of the molecule is CCCNc1ncc(F)c(N(C)CCCSC)n1. The van der Waals surface area contributed by atoms with E-state index < -0.39 is 0 Å². The zero-order chi connectivity index (χ0) is 13.4. The Morgan fingerprint density at radius 1 is 1.50 bits per heavy atom. The van der Waals surface area contributed by atoms with Gasteiger partial charge < -0.3 is 10.2 Å². The van der Waals surface area contributed by atoms with Crippen molar-refractivity contribution < 1.29 is 4.39 Å². The molecule has 0 unspecified atom stereocenters. The van der Waals surface area contributed by atoms with Crippen LogP contribution in [0, 0.1) is 5.82 Å². The number of nitrogens with one attached hydrogen (secondary N) is 1.